The minimum Gasteiger partial charge on any atom is -0.383 e. The van der Waals surface area contributed by atoms with Crippen LogP contribution in [-0.4, -0.2) is 53.5 Å². The summed E-state index contributed by atoms with van der Waals surface area (Å²) in [5.41, 5.74) is 10.4. The summed E-state index contributed by atoms with van der Waals surface area (Å²) in [5, 5.41) is 3.59. The van der Waals surface area contributed by atoms with Gasteiger partial charge in [-0.05, 0) is 56.0 Å². The number of aromatic nitrogens is 3. The molecule has 166 valence electrons. The van der Waals surface area contributed by atoms with Crippen LogP contribution in [0, 0.1) is 11.8 Å². The van der Waals surface area contributed by atoms with Crippen LogP contribution in [0.15, 0.2) is 24.3 Å². The molecule has 2 aromatic heterocycles. The molecule has 1 aliphatic rings. The number of rotatable bonds is 6. The van der Waals surface area contributed by atoms with Gasteiger partial charge in [0.05, 0.1) is 24.2 Å². The first-order valence-electron chi connectivity index (χ1n) is 10.5. The summed E-state index contributed by atoms with van der Waals surface area (Å²) in [5.74, 6) is 6.28. The van der Waals surface area contributed by atoms with Crippen molar-refractivity contribution in [2.75, 3.05) is 38.8 Å². The van der Waals surface area contributed by atoms with Crippen LogP contribution in [0.1, 0.15) is 47.2 Å². The Balaban J connectivity index is 1.66. The summed E-state index contributed by atoms with van der Waals surface area (Å²) in [4.78, 5) is 26.9. The molecule has 1 aliphatic carbocycles. The molecule has 2 heterocycles. The van der Waals surface area contributed by atoms with Crippen molar-refractivity contribution in [3.05, 3.63) is 46.9 Å². The molecule has 0 aliphatic heterocycles. The van der Waals surface area contributed by atoms with Gasteiger partial charge < -0.3 is 20.8 Å². The zero-order valence-electron chi connectivity index (χ0n) is 18.9. The molecule has 1 aromatic carbocycles. The van der Waals surface area contributed by atoms with Crippen LogP contribution in [0.25, 0.3) is 11.0 Å². The number of amides is 1. The Bertz CT molecular complexity index is 1210. The smallest absolute Gasteiger partial charge is 0.293 e. The van der Waals surface area contributed by atoms with Gasteiger partial charge >= 0.3 is 0 Å². The van der Waals surface area contributed by atoms with Gasteiger partial charge in [-0.3, -0.25) is 9.69 Å². The number of methoxy groups -OCH3 is 1. The van der Waals surface area contributed by atoms with Gasteiger partial charge in [-0.15, -0.1) is 0 Å². The highest BCUT2D eigenvalue weighted by atomic mass is 16.5. The van der Waals surface area contributed by atoms with Gasteiger partial charge in [-0.25, -0.2) is 9.97 Å². The second-order valence-electron chi connectivity index (χ2n) is 8.72. The number of anilines is 2. The van der Waals surface area contributed by atoms with E-state index < -0.39 is 5.91 Å². The summed E-state index contributed by atoms with van der Waals surface area (Å²) >= 11 is 0. The normalized spacial score (nSPS) is 14.3. The first kappa shape index (κ1) is 21.8. The quantitative estimate of drug-likeness (QED) is 0.517. The molecule has 0 saturated heterocycles. The van der Waals surface area contributed by atoms with Gasteiger partial charge in [0, 0.05) is 18.4 Å². The van der Waals surface area contributed by atoms with E-state index in [2.05, 4.69) is 39.0 Å². The fraction of sp³-hybridized carbons (Fsp3) is 0.375. The van der Waals surface area contributed by atoms with E-state index in [-0.39, 0.29) is 17.1 Å². The maximum Gasteiger partial charge on any atom is 0.293 e. The van der Waals surface area contributed by atoms with Crippen molar-refractivity contribution in [3.63, 3.8) is 0 Å². The van der Waals surface area contributed by atoms with Gasteiger partial charge in [0.15, 0.2) is 0 Å². The maximum absolute atomic E-state index is 12.8. The predicted octanol–water partition coefficient (Wildman–Crippen LogP) is 2.90. The summed E-state index contributed by atoms with van der Waals surface area (Å²) in [7, 11) is 5.59. The second-order valence-corrected chi connectivity index (χ2v) is 8.72. The van der Waals surface area contributed by atoms with E-state index in [0.29, 0.717) is 24.5 Å². The molecule has 8 heteroatoms. The van der Waals surface area contributed by atoms with Crippen molar-refractivity contribution in [2.24, 2.45) is 0 Å². The second kappa shape index (κ2) is 8.61. The number of ether oxygens (including phenoxy) is 1. The van der Waals surface area contributed by atoms with Gasteiger partial charge in [0.25, 0.3) is 5.91 Å². The Morgan fingerprint density at radius 2 is 2.00 bits per heavy atom. The molecular weight excluding hydrogens is 404 g/mol. The van der Waals surface area contributed by atoms with E-state index in [0.717, 1.165) is 35.0 Å². The molecule has 1 fully saturated rings. The summed E-state index contributed by atoms with van der Waals surface area (Å²) in [6, 6.07) is 7.41. The van der Waals surface area contributed by atoms with E-state index >= 15 is 0 Å². The molecule has 4 N–H and O–H groups in total. The Kier molecular flexibility index (Phi) is 5.87. The molecular formula is C24H28N6O2. The molecule has 4 rings (SSSR count). The highest BCUT2D eigenvalue weighted by Crippen LogP contribution is 2.51. The molecule has 3 aromatic rings. The molecule has 8 nitrogen and oxygen atoms in total. The third-order valence-corrected chi connectivity index (χ3v) is 5.62. The molecule has 0 atom stereocenters. The standard InChI is InChI=1S/C24H28N6O2/c1-24(11-12-24)19-17(6-5-13-30(2)3)27-21-18(19)20(25)28-22(29-21)23(31)26-16-9-7-15(8-10-16)14-32-4/h7-10H,11-14H2,1-4H3,(H,26,31)(H3,25,27,28,29). The van der Waals surface area contributed by atoms with E-state index in [1.165, 1.54) is 0 Å². The van der Waals surface area contributed by atoms with Crippen LogP contribution in [0.4, 0.5) is 11.5 Å². The minimum atomic E-state index is -0.424. The van der Waals surface area contributed by atoms with E-state index in [1.54, 1.807) is 7.11 Å². The van der Waals surface area contributed by atoms with Crippen molar-refractivity contribution in [3.8, 4) is 11.8 Å². The molecule has 0 radical (unpaired) electrons. The van der Waals surface area contributed by atoms with E-state index in [1.807, 2.05) is 43.3 Å². The lowest BCUT2D eigenvalue weighted by atomic mass is 9.95. The van der Waals surface area contributed by atoms with Crippen LogP contribution >= 0.6 is 0 Å². The highest BCUT2D eigenvalue weighted by Gasteiger charge is 2.43. The third-order valence-electron chi connectivity index (χ3n) is 5.62. The highest BCUT2D eigenvalue weighted by molar-refractivity contribution is 6.04. The van der Waals surface area contributed by atoms with Gasteiger partial charge in [-0.1, -0.05) is 25.0 Å². The topological polar surface area (TPSA) is 109 Å². The summed E-state index contributed by atoms with van der Waals surface area (Å²) in [6.45, 7) is 3.35. The largest absolute Gasteiger partial charge is 0.383 e. The van der Waals surface area contributed by atoms with Gasteiger partial charge in [0.2, 0.25) is 5.82 Å². The van der Waals surface area contributed by atoms with Crippen molar-refractivity contribution in [2.45, 2.75) is 31.8 Å². The van der Waals surface area contributed by atoms with Crippen molar-refractivity contribution < 1.29 is 9.53 Å². The fourth-order valence-electron chi connectivity index (χ4n) is 3.68. The number of nitrogens with zero attached hydrogens (tertiary/aromatic N) is 3. The van der Waals surface area contributed by atoms with Crippen LogP contribution in [0.3, 0.4) is 0 Å². The number of benzene rings is 1. The number of nitrogens with one attached hydrogen (secondary N) is 2. The lowest BCUT2D eigenvalue weighted by Gasteiger charge is -2.10. The number of aromatic amines is 1. The summed E-state index contributed by atoms with van der Waals surface area (Å²) < 4.78 is 5.11. The molecule has 1 amide bonds. The van der Waals surface area contributed by atoms with E-state index in [9.17, 15) is 4.79 Å². The monoisotopic (exact) mass is 432 g/mol. The lowest BCUT2D eigenvalue weighted by molar-refractivity contribution is 0.101. The number of carbonyl (C=O) groups is 1. The number of nitrogen functional groups attached to an aromatic ring is 1. The van der Waals surface area contributed by atoms with Crippen LogP contribution in [0.5, 0.6) is 0 Å². The van der Waals surface area contributed by atoms with Crippen molar-refractivity contribution in [1.29, 1.82) is 0 Å². The first-order chi connectivity index (χ1) is 15.3. The van der Waals surface area contributed by atoms with E-state index in [4.69, 9.17) is 10.5 Å². The van der Waals surface area contributed by atoms with Gasteiger partial charge in [-0.2, -0.15) is 0 Å². The Morgan fingerprint density at radius 1 is 1.28 bits per heavy atom. The number of hydrogen-bond acceptors (Lipinski definition) is 6. The number of carbonyl (C=O) groups excluding carboxylic acids is 1. The number of H-pyrrole nitrogens is 1. The SMILES string of the molecule is COCc1ccc(NC(=O)c2nc(N)c3c(C4(C)CC4)c(C#CCN(C)C)[nH]c3n2)cc1. The maximum atomic E-state index is 12.8. The molecule has 0 spiro atoms. The lowest BCUT2D eigenvalue weighted by Crippen LogP contribution is -2.17. The third kappa shape index (κ3) is 4.44. The molecule has 0 unspecified atom stereocenters. The van der Waals surface area contributed by atoms with Crippen LogP contribution in [0.2, 0.25) is 0 Å². The molecule has 32 heavy (non-hydrogen) atoms. The molecule has 0 bridgehead atoms. The average molecular weight is 433 g/mol. The fourth-order valence-corrected chi connectivity index (χ4v) is 3.68. The summed E-state index contributed by atoms with van der Waals surface area (Å²) in [6.07, 6.45) is 2.12. The number of fused-ring (bicyclic) bond motifs is 1. The predicted molar refractivity (Wildman–Crippen MR) is 125 cm³/mol. The van der Waals surface area contributed by atoms with Crippen LogP contribution in [-0.2, 0) is 16.8 Å². The zero-order valence-corrected chi connectivity index (χ0v) is 18.9. The van der Waals surface area contributed by atoms with Crippen molar-refractivity contribution in [1.82, 2.24) is 19.9 Å². The minimum absolute atomic E-state index is 0.00554. The zero-order chi connectivity index (χ0) is 22.9. The van der Waals surface area contributed by atoms with Gasteiger partial charge in [0.1, 0.15) is 11.5 Å². The first-order valence-corrected chi connectivity index (χ1v) is 10.5. The van der Waals surface area contributed by atoms with Crippen LogP contribution < -0.4 is 11.1 Å². The Hall–Kier alpha value is -3.41. The molecule has 1 saturated carbocycles. The Morgan fingerprint density at radius 3 is 2.62 bits per heavy atom. The number of hydrogen-bond donors (Lipinski definition) is 3. The van der Waals surface area contributed by atoms with Crippen molar-refractivity contribution >= 4 is 28.4 Å². The average Bonchev–Trinajstić information content (AvgIpc) is 3.36. The number of nitrogens with two attached hydrogens (primary N) is 1. The Labute approximate surface area is 187 Å².